The van der Waals surface area contributed by atoms with Crippen molar-refractivity contribution in [3.8, 4) is 0 Å². The second-order valence-corrected chi connectivity index (χ2v) is 5.95. The van der Waals surface area contributed by atoms with Crippen LogP contribution in [0.15, 0.2) is 12.3 Å². The van der Waals surface area contributed by atoms with Crippen LogP contribution < -0.4 is 11.1 Å². The number of nitrogen functional groups attached to an aromatic ring is 1. The standard InChI is InChI=1S/C14H21ClN4O/c1-9(2)19-4-3-10(8-19)6-18-14(20)11-5-12(15)13(16)17-7-11/h5,7,9-10H,3-4,6,8H2,1-2H3,(H2,16,17)(H,18,20). The topological polar surface area (TPSA) is 71.2 Å². The molecule has 1 aliphatic heterocycles. The Labute approximate surface area is 124 Å². The van der Waals surface area contributed by atoms with Gasteiger partial charge in [0, 0.05) is 25.3 Å². The number of anilines is 1. The van der Waals surface area contributed by atoms with E-state index in [-0.39, 0.29) is 11.7 Å². The van der Waals surface area contributed by atoms with Gasteiger partial charge in [-0.05, 0) is 38.8 Å². The van der Waals surface area contributed by atoms with Crippen molar-refractivity contribution in [2.24, 2.45) is 5.92 Å². The third-order valence-corrected chi connectivity index (χ3v) is 4.03. The van der Waals surface area contributed by atoms with Crippen molar-refractivity contribution in [1.29, 1.82) is 0 Å². The zero-order valence-electron chi connectivity index (χ0n) is 11.9. The van der Waals surface area contributed by atoms with Gasteiger partial charge in [0.25, 0.3) is 5.91 Å². The molecule has 1 atom stereocenters. The van der Waals surface area contributed by atoms with E-state index >= 15 is 0 Å². The summed E-state index contributed by atoms with van der Waals surface area (Å²) in [6.07, 6.45) is 2.57. The minimum absolute atomic E-state index is 0.151. The third kappa shape index (κ3) is 3.61. The number of hydrogen-bond donors (Lipinski definition) is 2. The minimum Gasteiger partial charge on any atom is -0.382 e. The largest absolute Gasteiger partial charge is 0.382 e. The van der Waals surface area contributed by atoms with Gasteiger partial charge in [-0.25, -0.2) is 4.98 Å². The molecule has 1 aromatic heterocycles. The Balaban J connectivity index is 1.85. The number of aromatic nitrogens is 1. The monoisotopic (exact) mass is 296 g/mol. The SMILES string of the molecule is CC(C)N1CCC(CNC(=O)c2cnc(N)c(Cl)c2)C1. The average Bonchev–Trinajstić information content (AvgIpc) is 2.88. The summed E-state index contributed by atoms with van der Waals surface area (Å²) in [6, 6.07) is 2.12. The molecule has 1 aromatic rings. The van der Waals surface area contributed by atoms with Crippen LogP contribution in [0.3, 0.4) is 0 Å². The van der Waals surface area contributed by atoms with Crippen LogP contribution in [0.4, 0.5) is 5.82 Å². The van der Waals surface area contributed by atoms with Crippen molar-refractivity contribution >= 4 is 23.3 Å². The van der Waals surface area contributed by atoms with E-state index in [2.05, 4.69) is 29.0 Å². The van der Waals surface area contributed by atoms with Crippen LogP contribution in [-0.2, 0) is 0 Å². The molecule has 0 spiro atoms. The third-order valence-electron chi connectivity index (χ3n) is 3.73. The number of nitrogens with zero attached hydrogens (tertiary/aromatic N) is 2. The van der Waals surface area contributed by atoms with Crippen LogP contribution in [-0.4, -0.2) is 41.5 Å². The fraction of sp³-hybridized carbons (Fsp3) is 0.571. The van der Waals surface area contributed by atoms with Gasteiger partial charge in [0.2, 0.25) is 0 Å². The second-order valence-electron chi connectivity index (χ2n) is 5.54. The summed E-state index contributed by atoms with van der Waals surface area (Å²) in [5, 5.41) is 3.25. The van der Waals surface area contributed by atoms with Crippen molar-refractivity contribution in [2.45, 2.75) is 26.3 Å². The van der Waals surface area contributed by atoms with Crippen LogP contribution >= 0.6 is 11.6 Å². The molecular weight excluding hydrogens is 276 g/mol. The van der Waals surface area contributed by atoms with Gasteiger partial charge in [-0.15, -0.1) is 0 Å². The zero-order valence-corrected chi connectivity index (χ0v) is 12.7. The number of carbonyl (C=O) groups excluding carboxylic acids is 1. The Morgan fingerprint density at radius 2 is 2.40 bits per heavy atom. The molecule has 5 nitrogen and oxygen atoms in total. The van der Waals surface area contributed by atoms with E-state index in [9.17, 15) is 4.79 Å². The summed E-state index contributed by atoms with van der Waals surface area (Å²) in [6.45, 7) is 7.22. The van der Waals surface area contributed by atoms with E-state index in [1.54, 1.807) is 6.07 Å². The lowest BCUT2D eigenvalue weighted by Crippen LogP contribution is -2.33. The van der Waals surface area contributed by atoms with Crippen molar-refractivity contribution in [3.05, 3.63) is 22.8 Å². The lowest BCUT2D eigenvalue weighted by molar-refractivity contribution is 0.0947. The van der Waals surface area contributed by atoms with Crippen LogP contribution in [0.25, 0.3) is 0 Å². The molecule has 0 aliphatic carbocycles. The lowest BCUT2D eigenvalue weighted by Gasteiger charge is -2.20. The number of halogens is 1. The number of carbonyl (C=O) groups is 1. The van der Waals surface area contributed by atoms with Gasteiger partial charge in [0.1, 0.15) is 5.82 Å². The van der Waals surface area contributed by atoms with E-state index in [4.69, 9.17) is 17.3 Å². The Hall–Kier alpha value is -1.33. The predicted molar refractivity (Wildman–Crippen MR) is 80.8 cm³/mol. The van der Waals surface area contributed by atoms with Crippen molar-refractivity contribution in [1.82, 2.24) is 15.2 Å². The van der Waals surface area contributed by atoms with Gasteiger partial charge in [-0.2, -0.15) is 0 Å². The van der Waals surface area contributed by atoms with Crippen molar-refractivity contribution in [3.63, 3.8) is 0 Å². The summed E-state index contributed by atoms with van der Waals surface area (Å²) in [5.41, 5.74) is 5.97. The highest BCUT2D eigenvalue weighted by atomic mass is 35.5. The van der Waals surface area contributed by atoms with Crippen LogP contribution in [0.1, 0.15) is 30.6 Å². The van der Waals surface area contributed by atoms with Crippen LogP contribution in [0.5, 0.6) is 0 Å². The molecule has 2 heterocycles. The van der Waals surface area contributed by atoms with E-state index in [0.717, 1.165) is 19.5 Å². The molecule has 20 heavy (non-hydrogen) atoms. The van der Waals surface area contributed by atoms with Gasteiger partial charge in [-0.3, -0.25) is 4.79 Å². The van der Waals surface area contributed by atoms with E-state index in [1.807, 2.05) is 0 Å². The molecule has 1 aliphatic rings. The van der Waals surface area contributed by atoms with Crippen molar-refractivity contribution in [2.75, 3.05) is 25.4 Å². The highest BCUT2D eigenvalue weighted by Gasteiger charge is 2.24. The Kier molecular flexibility index (Phi) is 4.83. The number of nitrogens with one attached hydrogen (secondary N) is 1. The van der Waals surface area contributed by atoms with Gasteiger partial charge in [-0.1, -0.05) is 11.6 Å². The Bertz CT molecular complexity index is 492. The first-order valence-electron chi connectivity index (χ1n) is 6.90. The minimum atomic E-state index is -0.151. The highest BCUT2D eigenvalue weighted by molar-refractivity contribution is 6.33. The summed E-state index contributed by atoms with van der Waals surface area (Å²) in [7, 11) is 0. The first-order chi connectivity index (χ1) is 9.47. The maximum Gasteiger partial charge on any atom is 0.252 e. The highest BCUT2D eigenvalue weighted by Crippen LogP contribution is 2.19. The number of pyridine rings is 1. The van der Waals surface area contributed by atoms with E-state index < -0.39 is 0 Å². The molecule has 3 N–H and O–H groups in total. The number of nitrogens with two attached hydrogens (primary N) is 1. The molecule has 6 heteroatoms. The van der Waals surface area contributed by atoms with Crippen LogP contribution in [0, 0.1) is 5.92 Å². The summed E-state index contributed by atoms with van der Waals surface area (Å²) in [4.78, 5) is 18.3. The predicted octanol–water partition coefficient (Wildman–Crippen LogP) is 1.78. The Morgan fingerprint density at radius 3 is 3.00 bits per heavy atom. The maximum atomic E-state index is 12.0. The summed E-state index contributed by atoms with van der Waals surface area (Å²) < 4.78 is 0. The van der Waals surface area contributed by atoms with Crippen LogP contribution in [0.2, 0.25) is 5.02 Å². The first-order valence-corrected chi connectivity index (χ1v) is 7.28. The van der Waals surface area contributed by atoms with Gasteiger partial charge < -0.3 is 16.0 Å². The Morgan fingerprint density at radius 1 is 1.65 bits per heavy atom. The summed E-state index contributed by atoms with van der Waals surface area (Å²) >= 11 is 5.86. The zero-order chi connectivity index (χ0) is 14.7. The summed E-state index contributed by atoms with van der Waals surface area (Å²) in [5.74, 6) is 0.604. The molecule has 110 valence electrons. The molecule has 0 radical (unpaired) electrons. The van der Waals surface area contributed by atoms with Gasteiger partial charge in [0.15, 0.2) is 0 Å². The molecule has 2 rings (SSSR count). The van der Waals surface area contributed by atoms with E-state index in [1.165, 1.54) is 6.20 Å². The number of rotatable bonds is 4. The smallest absolute Gasteiger partial charge is 0.252 e. The fourth-order valence-electron chi connectivity index (χ4n) is 2.41. The molecular formula is C14H21ClN4O. The molecule has 0 saturated carbocycles. The fourth-order valence-corrected chi connectivity index (χ4v) is 2.58. The molecule has 0 bridgehead atoms. The number of likely N-dealkylation sites (tertiary alicyclic amines) is 1. The molecule has 0 aromatic carbocycles. The first kappa shape index (κ1) is 15.1. The van der Waals surface area contributed by atoms with Crippen molar-refractivity contribution < 1.29 is 4.79 Å². The average molecular weight is 297 g/mol. The van der Waals surface area contributed by atoms with Gasteiger partial charge in [0.05, 0.1) is 10.6 Å². The normalized spacial score (nSPS) is 19.5. The molecule has 1 fully saturated rings. The number of amides is 1. The second kappa shape index (κ2) is 6.41. The maximum absolute atomic E-state index is 12.0. The number of hydrogen-bond acceptors (Lipinski definition) is 4. The van der Waals surface area contributed by atoms with Gasteiger partial charge >= 0.3 is 0 Å². The molecule has 1 unspecified atom stereocenters. The quantitative estimate of drug-likeness (QED) is 0.888. The molecule has 1 amide bonds. The molecule has 1 saturated heterocycles. The lowest BCUT2D eigenvalue weighted by atomic mass is 10.1. The van der Waals surface area contributed by atoms with E-state index in [0.29, 0.717) is 29.1 Å².